The standard InChI is InChI=1S/C24H24O14/c1-33-11-6-8(4-5-10(11)37-24-18(30)16(28)17(29)22(38-24)23(31)32)19-21(35-3)15(27)13-12(36-19)7-9(25)20(34-2)14(13)26/h4-7,16-18,22,24-26,28-30H,1-3H3,(H,31,32)/t16?,17-,18?,22?,24+/m0/s1. The van der Waals surface area contributed by atoms with Gasteiger partial charge < -0.3 is 58.7 Å². The van der Waals surface area contributed by atoms with Crippen LogP contribution >= 0.6 is 0 Å². The second-order valence-electron chi connectivity index (χ2n) is 8.16. The molecule has 0 radical (unpaired) electrons. The molecule has 4 rings (SSSR count). The third kappa shape index (κ3) is 4.39. The van der Waals surface area contributed by atoms with Gasteiger partial charge in [-0.2, -0.15) is 0 Å². The summed E-state index contributed by atoms with van der Waals surface area (Å²) in [5.41, 5.74) is -0.708. The minimum absolute atomic E-state index is 0.0102. The minimum atomic E-state index is -1.89. The van der Waals surface area contributed by atoms with Gasteiger partial charge in [-0.05, 0) is 18.2 Å². The summed E-state index contributed by atoms with van der Waals surface area (Å²) in [6.45, 7) is 0. The number of aliphatic hydroxyl groups excluding tert-OH is 3. The maximum absolute atomic E-state index is 13.1. The number of hydrogen-bond acceptors (Lipinski definition) is 13. The molecule has 204 valence electrons. The van der Waals surface area contributed by atoms with Crippen LogP contribution in [-0.4, -0.2) is 88.6 Å². The molecule has 0 bridgehead atoms. The number of aromatic hydroxyl groups is 2. The Labute approximate surface area is 213 Å². The van der Waals surface area contributed by atoms with Crippen LogP contribution in [-0.2, 0) is 9.53 Å². The molecule has 3 unspecified atom stereocenters. The normalized spacial score (nSPS) is 23.2. The number of aliphatic hydroxyl groups is 3. The second kappa shape index (κ2) is 10.3. The van der Waals surface area contributed by atoms with E-state index in [4.69, 9.17) is 28.1 Å². The third-order valence-corrected chi connectivity index (χ3v) is 5.94. The molecule has 0 aliphatic carbocycles. The van der Waals surface area contributed by atoms with Gasteiger partial charge in [0.1, 0.15) is 29.3 Å². The van der Waals surface area contributed by atoms with Crippen molar-refractivity contribution in [3.05, 3.63) is 34.5 Å². The number of fused-ring (bicyclic) bond motifs is 1. The predicted octanol–water partition coefficient (Wildman–Crippen LogP) is 0.168. The van der Waals surface area contributed by atoms with Crippen LogP contribution < -0.4 is 24.4 Å². The van der Waals surface area contributed by atoms with Crippen LogP contribution in [0.3, 0.4) is 0 Å². The van der Waals surface area contributed by atoms with Crippen LogP contribution in [0.2, 0.25) is 0 Å². The molecule has 0 saturated carbocycles. The molecule has 1 aromatic heterocycles. The Kier molecular flexibility index (Phi) is 7.24. The molecule has 2 heterocycles. The summed E-state index contributed by atoms with van der Waals surface area (Å²) in [5, 5.41) is 59.6. The lowest BCUT2D eigenvalue weighted by atomic mass is 9.99. The van der Waals surface area contributed by atoms with Gasteiger partial charge in [-0.3, -0.25) is 4.79 Å². The monoisotopic (exact) mass is 536 g/mol. The Bertz CT molecular complexity index is 1430. The summed E-state index contributed by atoms with van der Waals surface area (Å²) < 4.78 is 32.0. The molecule has 38 heavy (non-hydrogen) atoms. The molecular formula is C24H24O14. The van der Waals surface area contributed by atoms with Gasteiger partial charge in [-0.1, -0.05) is 0 Å². The summed E-state index contributed by atoms with van der Waals surface area (Å²) in [6, 6.07) is 5.18. The average Bonchev–Trinajstić information content (AvgIpc) is 2.88. The molecular weight excluding hydrogens is 512 g/mol. The fourth-order valence-corrected chi connectivity index (χ4v) is 4.04. The number of phenols is 2. The molecule has 14 heteroatoms. The van der Waals surface area contributed by atoms with Gasteiger partial charge in [-0.15, -0.1) is 0 Å². The predicted molar refractivity (Wildman–Crippen MR) is 126 cm³/mol. The molecule has 5 atom stereocenters. The van der Waals surface area contributed by atoms with E-state index in [9.17, 15) is 40.2 Å². The first kappa shape index (κ1) is 26.8. The Balaban J connectivity index is 1.77. The molecule has 3 aromatic rings. The lowest BCUT2D eigenvalue weighted by Crippen LogP contribution is -2.61. The summed E-state index contributed by atoms with van der Waals surface area (Å²) in [7, 11) is 3.69. The highest BCUT2D eigenvalue weighted by Gasteiger charge is 2.48. The van der Waals surface area contributed by atoms with Crippen molar-refractivity contribution < 1.29 is 63.5 Å². The second-order valence-corrected chi connectivity index (χ2v) is 8.16. The molecule has 1 fully saturated rings. The molecule has 1 saturated heterocycles. The van der Waals surface area contributed by atoms with Crippen molar-refractivity contribution in [1.29, 1.82) is 0 Å². The van der Waals surface area contributed by atoms with Crippen LogP contribution in [0.1, 0.15) is 0 Å². The SMILES string of the molecule is COc1cc(-c2oc3cc(O)c(OC)c(O)c3c(=O)c2OC)ccc1O[C@@H]1OC(C(=O)O)[C@@H](O)C(O)C1O. The fourth-order valence-electron chi connectivity index (χ4n) is 4.04. The Hall–Kier alpha value is -4.24. The number of carboxylic acid groups (broad SMARTS) is 1. The van der Waals surface area contributed by atoms with Crippen molar-refractivity contribution in [1.82, 2.24) is 0 Å². The largest absolute Gasteiger partial charge is 0.504 e. The van der Waals surface area contributed by atoms with Gasteiger partial charge in [0.15, 0.2) is 34.9 Å². The van der Waals surface area contributed by atoms with Crippen LogP contribution in [0.5, 0.6) is 34.5 Å². The topological polar surface area (TPSA) is 215 Å². The molecule has 2 aromatic carbocycles. The lowest BCUT2D eigenvalue weighted by molar-refractivity contribution is -0.271. The van der Waals surface area contributed by atoms with E-state index in [1.165, 1.54) is 39.5 Å². The first-order valence-electron chi connectivity index (χ1n) is 10.9. The zero-order valence-corrected chi connectivity index (χ0v) is 20.1. The van der Waals surface area contributed by atoms with E-state index in [0.717, 1.165) is 6.07 Å². The van der Waals surface area contributed by atoms with Crippen molar-refractivity contribution in [2.45, 2.75) is 30.7 Å². The zero-order chi connectivity index (χ0) is 27.9. The summed E-state index contributed by atoms with van der Waals surface area (Å²) >= 11 is 0. The quantitative estimate of drug-likeness (QED) is 0.237. The van der Waals surface area contributed by atoms with Gasteiger partial charge in [0.25, 0.3) is 0 Å². The van der Waals surface area contributed by atoms with Crippen LogP contribution in [0.4, 0.5) is 0 Å². The van der Waals surface area contributed by atoms with Crippen LogP contribution in [0.15, 0.2) is 33.5 Å². The number of phenolic OH excluding ortho intramolecular Hbond substituents is 2. The molecule has 6 N–H and O–H groups in total. The van der Waals surface area contributed by atoms with Gasteiger partial charge in [0.2, 0.25) is 23.2 Å². The van der Waals surface area contributed by atoms with Gasteiger partial charge in [0, 0.05) is 11.6 Å². The Morgan fingerprint density at radius 2 is 1.58 bits per heavy atom. The molecule has 0 spiro atoms. The van der Waals surface area contributed by atoms with Crippen molar-refractivity contribution in [3.8, 4) is 45.8 Å². The van der Waals surface area contributed by atoms with E-state index in [0.29, 0.717) is 0 Å². The highest BCUT2D eigenvalue weighted by atomic mass is 16.7. The summed E-state index contributed by atoms with van der Waals surface area (Å²) in [5.74, 6) is -3.45. The molecule has 1 aliphatic heterocycles. The number of ether oxygens (including phenoxy) is 5. The maximum Gasteiger partial charge on any atom is 0.335 e. The smallest absolute Gasteiger partial charge is 0.335 e. The first-order chi connectivity index (χ1) is 18.0. The van der Waals surface area contributed by atoms with Gasteiger partial charge >= 0.3 is 5.97 Å². The number of carbonyl (C=O) groups is 1. The highest BCUT2D eigenvalue weighted by molar-refractivity contribution is 5.91. The number of rotatable bonds is 7. The Morgan fingerprint density at radius 1 is 0.895 bits per heavy atom. The highest BCUT2D eigenvalue weighted by Crippen LogP contribution is 2.44. The van der Waals surface area contributed by atoms with Crippen molar-refractivity contribution in [3.63, 3.8) is 0 Å². The molecule has 0 amide bonds. The number of hydrogen-bond donors (Lipinski definition) is 6. The van der Waals surface area contributed by atoms with Gasteiger partial charge in [0.05, 0.1) is 21.3 Å². The summed E-state index contributed by atoms with van der Waals surface area (Å²) in [6.07, 6.45) is -9.13. The average molecular weight is 536 g/mol. The third-order valence-electron chi connectivity index (χ3n) is 5.94. The molecule has 1 aliphatic rings. The lowest BCUT2D eigenvalue weighted by Gasteiger charge is -2.38. The first-order valence-corrected chi connectivity index (χ1v) is 10.9. The molecule has 14 nitrogen and oxygen atoms in total. The van der Waals surface area contributed by atoms with Crippen molar-refractivity contribution >= 4 is 16.9 Å². The maximum atomic E-state index is 13.1. The zero-order valence-electron chi connectivity index (χ0n) is 20.1. The van der Waals surface area contributed by atoms with E-state index in [1.807, 2.05) is 0 Å². The Morgan fingerprint density at radius 3 is 2.18 bits per heavy atom. The van der Waals surface area contributed by atoms with Crippen LogP contribution in [0.25, 0.3) is 22.3 Å². The fraction of sp³-hybridized carbons (Fsp3) is 0.333. The van der Waals surface area contributed by atoms with Gasteiger partial charge in [-0.25, -0.2) is 4.79 Å². The van der Waals surface area contributed by atoms with Crippen molar-refractivity contribution in [2.24, 2.45) is 0 Å². The van der Waals surface area contributed by atoms with E-state index in [-0.39, 0.29) is 45.3 Å². The number of aliphatic carboxylic acids is 1. The minimum Gasteiger partial charge on any atom is -0.504 e. The van der Waals surface area contributed by atoms with Crippen molar-refractivity contribution in [2.75, 3.05) is 21.3 Å². The summed E-state index contributed by atoms with van der Waals surface area (Å²) in [4.78, 5) is 24.5. The van der Waals surface area contributed by atoms with E-state index in [2.05, 4.69) is 0 Å². The van der Waals surface area contributed by atoms with E-state index < -0.39 is 53.6 Å². The van der Waals surface area contributed by atoms with E-state index in [1.54, 1.807) is 0 Å². The number of benzene rings is 2. The number of carboxylic acids is 1. The van der Waals surface area contributed by atoms with E-state index >= 15 is 0 Å². The number of methoxy groups -OCH3 is 3. The van der Waals surface area contributed by atoms with Crippen LogP contribution in [0, 0.1) is 0 Å².